The summed E-state index contributed by atoms with van der Waals surface area (Å²) in [6.07, 6.45) is 2.34. The minimum Gasteiger partial charge on any atom is -0.396 e. The number of benzene rings is 1. The normalized spacial score (nSPS) is 16.8. The highest BCUT2D eigenvalue weighted by Gasteiger charge is 2.31. The first-order valence-corrected chi connectivity index (χ1v) is 7.95. The van der Waals surface area contributed by atoms with E-state index in [0.29, 0.717) is 6.42 Å². The lowest BCUT2D eigenvalue weighted by Gasteiger charge is -2.32. The van der Waals surface area contributed by atoms with Gasteiger partial charge in [0.25, 0.3) is 0 Å². The molecule has 0 aromatic heterocycles. The van der Waals surface area contributed by atoms with Gasteiger partial charge in [0.2, 0.25) is 5.91 Å². The highest BCUT2D eigenvalue weighted by atomic mass is 16.3. The molecule has 2 N–H and O–H groups in total. The molecule has 1 aromatic carbocycles. The summed E-state index contributed by atoms with van der Waals surface area (Å²) in [6.45, 7) is 8.35. The largest absolute Gasteiger partial charge is 0.396 e. The van der Waals surface area contributed by atoms with E-state index in [-0.39, 0.29) is 29.9 Å². The van der Waals surface area contributed by atoms with Crippen LogP contribution >= 0.6 is 0 Å². The Kier molecular flexibility index (Phi) is 6.90. The van der Waals surface area contributed by atoms with Crippen molar-refractivity contribution in [2.45, 2.75) is 58.4 Å². The Bertz CT molecular complexity index is 432. The van der Waals surface area contributed by atoms with E-state index in [0.717, 1.165) is 18.4 Å². The minimum atomic E-state index is -0.341. The van der Waals surface area contributed by atoms with Gasteiger partial charge < -0.3 is 10.4 Å². The van der Waals surface area contributed by atoms with Gasteiger partial charge in [-0.1, -0.05) is 57.5 Å². The zero-order valence-electron chi connectivity index (χ0n) is 13.7. The Labute approximate surface area is 128 Å². The van der Waals surface area contributed by atoms with Crippen molar-refractivity contribution >= 4 is 5.91 Å². The van der Waals surface area contributed by atoms with Crippen LogP contribution in [0.15, 0.2) is 30.3 Å². The monoisotopic (exact) mass is 291 g/mol. The van der Waals surface area contributed by atoms with Gasteiger partial charge >= 0.3 is 0 Å². The Morgan fingerprint density at radius 1 is 1.29 bits per heavy atom. The number of nitrogens with one attached hydrogen (secondary N) is 1. The zero-order valence-corrected chi connectivity index (χ0v) is 13.7. The van der Waals surface area contributed by atoms with E-state index in [1.54, 1.807) is 0 Å². The quantitative estimate of drug-likeness (QED) is 0.770. The number of aliphatic hydroxyl groups excluding tert-OH is 1. The Morgan fingerprint density at radius 3 is 2.38 bits per heavy atom. The summed E-state index contributed by atoms with van der Waals surface area (Å²) in [7, 11) is 0. The predicted octanol–water partition coefficient (Wildman–Crippen LogP) is 3.48. The molecule has 0 bridgehead atoms. The molecule has 0 aliphatic rings. The van der Waals surface area contributed by atoms with E-state index >= 15 is 0 Å². The molecule has 0 aliphatic heterocycles. The minimum absolute atomic E-state index is 0.0633. The molecule has 1 amide bonds. The van der Waals surface area contributed by atoms with E-state index in [2.05, 4.69) is 19.2 Å². The van der Waals surface area contributed by atoms with Gasteiger partial charge in [0.15, 0.2) is 0 Å². The molecule has 1 rings (SSSR count). The van der Waals surface area contributed by atoms with Gasteiger partial charge in [-0.15, -0.1) is 0 Å². The molecule has 0 aliphatic carbocycles. The van der Waals surface area contributed by atoms with E-state index in [4.69, 9.17) is 0 Å². The standard InChI is InChI=1S/C18H29NO2/c1-5-14(3)16(15-10-8-7-9-11-15)17(21)19-18(4,6-2)12-13-20/h7-11,14,16,20H,5-6,12-13H2,1-4H3,(H,19,21). The van der Waals surface area contributed by atoms with Crippen LogP contribution in [-0.4, -0.2) is 23.2 Å². The van der Waals surface area contributed by atoms with Crippen LogP contribution < -0.4 is 5.32 Å². The number of hydrogen-bond acceptors (Lipinski definition) is 2. The first-order valence-electron chi connectivity index (χ1n) is 7.95. The molecule has 118 valence electrons. The number of aliphatic hydroxyl groups is 1. The molecular weight excluding hydrogens is 262 g/mol. The zero-order chi connectivity index (χ0) is 15.9. The molecule has 0 radical (unpaired) electrons. The van der Waals surface area contributed by atoms with Crippen LogP contribution in [0.1, 0.15) is 58.4 Å². The molecule has 0 saturated heterocycles. The van der Waals surface area contributed by atoms with Crippen LogP contribution in [0.3, 0.4) is 0 Å². The Morgan fingerprint density at radius 2 is 1.90 bits per heavy atom. The van der Waals surface area contributed by atoms with Gasteiger partial charge in [0, 0.05) is 12.1 Å². The predicted molar refractivity (Wildman–Crippen MR) is 87.2 cm³/mol. The van der Waals surface area contributed by atoms with Crippen molar-refractivity contribution in [2.24, 2.45) is 5.92 Å². The van der Waals surface area contributed by atoms with Crippen LogP contribution in [0, 0.1) is 5.92 Å². The van der Waals surface area contributed by atoms with Crippen LogP contribution in [0.2, 0.25) is 0 Å². The molecule has 0 heterocycles. The second-order valence-electron chi connectivity index (χ2n) is 6.15. The first kappa shape index (κ1) is 17.7. The highest BCUT2D eigenvalue weighted by Crippen LogP contribution is 2.28. The molecule has 1 aromatic rings. The molecule has 0 fully saturated rings. The van der Waals surface area contributed by atoms with Gasteiger partial charge in [0.05, 0.1) is 5.92 Å². The molecule has 3 unspecified atom stereocenters. The fraction of sp³-hybridized carbons (Fsp3) is 0.611. The second-order valence-corrected chi connectivity index (χ2v) is 6.15. The van der Waals surface area contributed by atoms with E-state index in [9.17, 15) is 9.90 Å². The fourth-order valence-electron chi connectivity index (χ4n) is 2.58. The SMILES string of the molecule is CCC(C)C(C(=O)NC(C)(CC)CCO)c1ccccc1. The maximum absolute atomic E-state index is 12.8. The van der Waals surface area contributed by atoms with Crippen molar-refractivity contribution in [2.75, 3.05) is 6.61 Å². The van der Waals surface area contributed by atoms with Gasteiger partial charge in [-0.2, -0.15) is 0 Å². The molecule has 3 heteroatoms. The van der Waals surface area contributed by atoms with Crippen molar-refractivity contribution in [3.05, 3.63) is 35.9 Å². The number of amides is 1. The maximum atomic E-state index is 12.8. The highest BCUT2D eigenvalue weighted by molar-refractivity contribution is 5.84. The summed E-state index contributed by atoms with van der Waals surface area (Å²) in [4.78, 5) is 12.8. The third-order valence-corrected chi connectivity index (χ3v) is 4.52. The van der Waals surface area contributed by atoms with E-state index < -0.39 is 0 Å². The average molecular weight is 291 g/mol. The van der Waals surface area contributed by atoms with Crippen molar-refractivity contribution in [1.82, 2.24) is 5.32 Å². The molecule has 21 heavy (non-hydrogen) atoms. The van der Waals surface area contributed by atoms with Gasteiger partial charge in [0.1, 0.15) is 0 Å². The summed E-state index contributed by atoms with van der Waals surface area (Å²) < 4.78 is 0. The van der Waals surface area contributed by atoms with Crippen molar-refractivity contribution in [3.63, 3.8) is 0 Å². The molecule has 3 atom stereocenters. The lowest BCUT2D eigenvalue weighted by Crippen LogP contribution is -2.48. The number of carbonyl (C=O) groups excluding carboxylic acids is 1. The Balaban J connectivity index is 2.96. The van der Waals surface area contributed by atoms with E-state index in [1.807, 2.05) is 44.2 Å². The third kappa shape index (κ3) is 4.85. The summed E-state index contributed by atoms with van der Waals surface area (Å²) in [6, 6.07) is 9.96. The smallest absolute Gasteiger partial charge is 0.228 e. The molecule has 3 nitrogen and oxygen atoms in total. The lowest BCUT2D eigenvalue weighted by atomic mass is 9.83. The fourth-order valence-corrected chi connectivity index (χ4v) is 2.58. The molecule has 0 spiro atoms. The molecular formula is C18H29NO2. The summed E-state index contributed by atoms with van der Waals surface area (Å²) in [5.41, 5.74) is 0.721. The maximum Gasteiger partial charge on any atom is 0.228 e. The summed E-state index contributed by atoms with van der Waals surface area (Å²) in [5, 5.41) is 12.4. The van der Waals surface area contributed by atoms with Crippen molar-refractivity contribution in [1.29, 1.82) is 0 Å². The number of hydrogen-bond donors (Lipinski definition) is 2. The summed E-state index contributed by atoms with van der Waals surface area (Å²) >= 11 is 0. The number of rotatable bonds is 8. The average Bonchev–Trinajstić information content (AvgIpc) is 2.48. The van der Waals surface area contributed by atoms with Crippen LogP contribution in [0.5, 0.6) is 0 Å². The van der Waals surface area contributed by atoms with Gasteiger partial charge in [-0.05, 0) is 31.2 Å². The van der Waals surface area contributed by atoms with E-state index in [1.165, 1.54) is 0 Å². The van der Waals surface area contributed by atoms with Crippen molar-refractivity contribution < 1.29 is 9.90 Å². The lowest BCUT2D eigenvalue weighted by molar-refractivity contribution is -0.125. The number of carbonyl (C=O) groups is 1. The second kappa shape index (κ2) is 8.18. The first-order chi connectivity index (χ1) is 9.97. The van der Waals surface area contributed by atoms with Crippen LogP contribution in [0.4, 0.5) is 0 Å². The topological polar surface area (TPSA) is 49.3 Å². The summed E-state index contributed by atoms with van der Waals surface area (Å²) in [5.74, 6) is 0.205. The van der Waals surface area contributed by atoms with Crippen molar-refractivity contribution in [3.8, 4) is 0 Å². The van der Waals surface area contributed by atoms with Gasteiger partial charge in [-0.3, -0.25) is 4.79 Å². The molecule has 0 saturated carbocycles. The van der Waals surface area contributed by atoms with Crippen LogP contribution in [-0.2, 0) is 4.79 Å². The Hall–Kier alpha value is -1.35. The van der Waals surface area contributed by atoms with Gasteiger partial charge in [-0.25, -0.2) is 0 Å². The third-order valence-electron chi connectivity index (χ3n) is 4.52. The van der Waals surface area contributed by atoms with Crippen LogP contribution in [0.25, 0.3) is 0 Å².